The molecule has 0 radical (unpaired) electrons. The van der Waals surface area contributed by atoms with Gasteiger partial charge in [0.2, 0.25) is 0 Å². The van der Waals surface area contributed by atoms with E-state index in [9.17, 15) is 9.59 Å². The number of amides is 1. The van der Waals surface area contributed by atoms with Gasteiger partial charge in [-0.1, -0.05) is 22.0 Å². The first kappa shape index (κ1) is 19.8. The number of aryl methyl sites for hydroxylation is 1. The molecule has 0 aliphatic heterocycles. The number of rotatable bonds is 5. The summed E-state index contributed by atoms with van der Waals surface area (Å²) in [5.74, 6) is 0.419. The minimum absolute atomic E-state index is 0.149. The summed E-state index contributed by atoms with van der Waals surface area (Å²) in [4.78, 5) is 29.0. The van der Waals surface area contributed by atoms with Crippen LogP contribution in [-0.2, 0) is 6.61 Å². The third kappa shape index (κ3) is 4.58. The number of pyridine rings is 1. The molecule has 4 rings (SSSR count). The van der Waals surface area contributed by atoms with Crippen LogP contribution in [0.2, 0.25) is 0 Å². The maximum Gasteiger partial charge on any atom is 0.258 e. The monoisotopic (exact) mass is 463 g/mol. The summed E-state index contributed by atoms with van der Waals surface area (Å²) in [5.41, 5.74) is 3.24. The molecule has 1 amide bonds. The Kier molecular flexibility index (Phi) is 5.63. The first-order chi connectivity index (χ1) is 14.5. The molecule has 7 heteroatoms. The van der Waals surface area contributed by atoms with Crippen molar-refractivity contribution in [2.24, 2.45) is 0 Å². The lowest BCUT2D eigenvalue weighted by molar-refractivity contribution is 0.102. The molecule has 2 heterocycles. The van der Waals surface area contributed by atoms with Gasteiger partial charge >= 0.3 is 0 Å². The fraction of sp³-hybridized carbons (Fsp3) is 0.0870. The van der Waals surface area contributed by atoms with E-state index < -0.39 is 0 Å². The van der Waals surface area contributed by atoms with Crippen molar-refractivity contribution in [1.29, 1.82) is 0 Å². The van der Waals surface area contributed by atoms with Crippen molar-refractivity contribution in [1.82, 2.24) is 9.38 Å². The van der Waals surface area contributed by atoms with Crippen molar-refractivity contribution in [2.45, 2.75) is 13.5 Å². The van der Waals surface area contributed by atoms with Crippen LogP contribution >= 0.6 is 15.9 Å². The topological polar surface area (TPSA) is 72.7 Å². The van der Waals surface area contributed by atoms with Crippen LogP contribution in [0.15, 0.2) is 82.2 Å². The second-order valence-electron chi connectivity index (χ2n) is 6.80. The van der Waals surface area contributed by atoms with Gasteiger partial charge in [-0.2, -0.15) is 0 Å². The Hall–Kier alpha value is -3.45. The molecule has 0 aliphatic carbocycles. The van der Waals surface area contributed by atoms with Gasteiger partial charge < -0.3 is 10.1 Å². The first-order valence-corrected chi connectivity index (χ1v) is 10.1. The van der Waals surface area contributed by atoms with Crippen LogP contribution in [0.4, 0.5) is 5.69 Å². The van der Waals surface area contributed by atoms with Gasteiger partial charge in [0.1, 0.15) is 18.0 Å². The van der Waals surface area contributed by atoms with Gasteiger partial charge in [-0.25, -0.2) is 4.98 Å². The van der Waals surface area contributed by atoms with Crippen LogP contribution < -0.4 is 15.6 Å². The van der Waals surface area contributed by atoms with Gasteiger partial charge in [-0.3, -0.25) is 14.0 Å². The summed E-state index contributed by atoms with van der Waals surface area (Å²) in [6.07, 6.45) is 1.71. The van der Waals surface area contributed by atoms with E-state index in [2.05, 4.69) is 26.2 Å². The number of halogens is 1. The van der Waals surface area contributed by atoms with Crippen molar-refractivity contribution >= 4 is 33.2 Å². The minimum Gasteiger partial charge on any atom is -0.487 e. The Morgan fingerprint density at radius 2 is 1.90 bits per heavy atom. The zero-order chi connectivity index (χ0) is 21.1. The molecule has 0 atom stereocenters. The molecular weight excluding hydrogens is 446 g/mol. The Morgan fingerprint density at radius 1 is 1.10 bits per heavy atom. The number of benzene rings is 2. The van der Waals surface area contributed by atoms with E-state index in [0.29, 0.717) is 28.3 Å². The zero-order valence-corrected chi connectivity index (χ0v) is 17.7. The Bertz CT molecular complexity index is 1280. The lowest BCUT2D eigenvalue weighted by atomic mass is 10.2. The lowest BCUT2D eigenvalue weighted by Gasteiger charge is -2.09. The third-order valence-electron chi connectivity index (χ3n) is 4.46. The molecule has 0 spiro atoms. The first-order valence-electron chi connectivity index (χ1n) is 9.27. The molecule has 2 aromatic heterocycles. The number of hydrogen-bond donors (Lipinski definition) is 1. The normalized spacial score (nSPS) is 10.7. The highest BCUT2D eigenvalue weighted by Gasteiger charge is 2.07. The maximum absolute atomic E-state index is 12.3. The minimum atomic E-state index is -0.193. The van der Waals surface area contributed by atoms with Crippen molar-refractivity contribution in [3.05, 3.63) is 105 Å². The largest absolute Gasteiger partial charge is 0.487 e. The van der Waals surface area contributed by atoms with Crippen LogP contribution in [0, 0.1) is 6.92 Å². The van der Waals surface area contributed by atoms with Gasteiger partial charge in [0.15, 0.2) is 0 Å². The number of aromatic nitrogens is 2. The smallest absolute Gasteiger partial charge is 0.258 e. The molecule has 2 aromatic carbocycles. The average molecular weight is 464 g/mol. The molecule has 6 nitrogen and oxygen atoms in total. The summed E-state index contributed by atoms with van der Waals surface area (Å²) in [7, 11) is 0. The van der Waals surface area contributed by atoms with E-state index in [4.69, 9.17) is 4.74 Å². The van der Waals surface area contributed by atoms with Crippen molar-refractivity contribution in [2.75, 3.05) is 5.32 Å². The van der Waals surface area contributed by atoms with E-state index in [1.165, 1.54) is 10.5 Å². The summed E-state index contributed by atoms with van der Waals surface area (Å²) >= 11 is 3.36. The molecule has 0 unspecified atom stereocenters. The summed E-state index contributed by atoms with van der Waals surface area (Å²) in [6.45, 7) is 2.12. The van der Waals surface area contributed by atoms with E-state index >= 15 is 0 Å². The van der Waals surface area contributed by atoms with Gasteiger partial charge in [-0.05, 0) is 67.1 Å². The fourth-order valence-corrected chi connectivity index (χ4v) is 3.35. The summed E-state index contributed by atoms with van der Waals surface area (Å²) in [5, 5.41) is 2.85. The number of ether oxygens (including phenoxy) is 1. The van der Waals surface area contributed by atoms with E-state index in [1.54, 1.807) is 42.6 Å². The van der Waals surface area contributed by atoms with E-state index in [1.807, 2.05) is 31.2 Å². The second kappa shape index (κ2) is 8.51. The Morgan fingerprint density at radius 3 is 2.67 bits per heavy atom. The second-order valence-corrected chi connectivity index (χ2v) is 7.71. The van der Waals surface area contributed by atoms with Crippen molar-refractivity contribution in [3.63, 3.8) is 0 Å². The van der Waals surface area contributed by atoms with Gasteiger partial charge in [0, 0.05) is 28.0 Å². The molecular formula is C23H18BrN3O3. The maximum atomic E-state index is 12.3. The van der Waals surface area contributed by atoms with Gasteiger partial charge in [-0.15, -0.1) is 0 Å². The average Bonchev–Trinajstić information content (AvgIpc) is 2.73. The van der Waals surface area contributed by atoms with Crippen LogP contribution in [-0.4, -0.2) is 15.3 Å². The highest BCUT2D eigenvalue weighted by atomic mass is 79.9. The molecule has 0 fully saturated rings. The molecule has 0 saturated carbocycles. The Labute approximate surface area is 181 Å². The number of nitrogens with one attached hydrogen (secondary N) is 1. The van der Waals surface area contributed by atoms with Crippen LogP contribution in [0.1, 0.15) is 21.6 Å². The molecule has 150 valence electrons. The Balaban J connectivity index is 1.42. The summed E-state index contributed by atoms with van der Waals surface area (Å²) < 4.78 is 8.10. The predicted molar refractivity (Wildman–Crippen MR) is 119 cm³/mol. The number of nitrogens with zero attached hydrogens (tertiary/aromatic N) is 2. The third-order valence-corrected chi connectivity index (χ3v) is 4.95. The molecule has 30 heavy (non-hydrogen) atoms. The standard InChI is InChI=1S/C23H18BrN3O3/c1-15-9-10-27-21(11-15)25-19(13-22(27)28)14-30-20-7-5-18(6-8-20)26-23(29)16-3-2-4-17(24)12-16/h2-13H,14H2,1H3,(H,26,29). The molecule has 4 aromatic rings. The van der Waals surface area contributed by atoms with Crippen molar-refractivity contribution < 1.29 is 9.53 Å². The van der Waals surface area contributed by atoms with E-state index in [0.717, 1.165) is 10.0 Å². The van der Waals surface area contributed by atoms with E-state index in [-0.39, 0.29) is 18.1 Å². The number of hydrogen-bond acceptors (Lipinski definition) is 4. The predicted octanol–water partition coefficient (Wildman–Crippen LogP) is 4.60. The quantitative estimate of drug-likeness (QED) is 0.469. The van der Waals surface area contributed by atoms with Crippen LogP contribution in [0.3, 0.4) is 0 Å². The lowest BCUT2D eigenvalue weighted by Crippen LogP contribution is -2.16. The summed E-state index contributed by atoms with van der Waals surface area (Å²) in [6, 6.07) is 19.4. The molecule has 0 aliphatic rings. The highest BCUT2D eigenvalue weighted by molar-refractivity contribution is 9.10. The number of fused-ring (bicyclic) bond motifs is 1. The van der Waals surface area contributed by atoms with Crippen LogP contribution in [0.5, 0.6) is 5.75 Å². The molecule has 0 saturated heterocycles. The SMILES string of the molecule is Cc1ccn2c(=O)cc(COc3ccc(NC(=O)c4cccc(Br)c4)cc3)nc2c1. The number of carbonyl (C=O) groups is 1. The fourth-order valence-electron chi connectivity index (χ4n) is 2.95. The zero-order valence-electron chi connectivity index (χ0n) is 16.1. The number of anilines is 1. The highest BCUT2D eigenvalue weighted by Crippen LogP contribution is 2.18. The number of carbonyl (C=O) groups excluding carboxylic acids is 1. The van der Waals surface area contributed by atoms with Crippen LogP contribution in [0.25, 0.3) is 5.65 Å². The van der Waals surface area contributed by atoms with Gasteiger partial charge in [0.25, 0.3) is 11.5 Å². The molecule has 0 bridgehead atoms. The molecule has 1 N–H and O–H groups in total. The van der Waals surface area contributed by atoms with Gasteiger partial charge in [0.05, 0.1) is 5.69 Å². The van der Waals surface area contributed by atoms with Crippen molar-refractivity contribution in [3.8, 4) is 5.75 Å².